The van der Waals surface area contributed by atoms with Gasteiger partial charge in [-0.05, 0) is 49.1 Å². The smallest absolute Gasteiger partial charge is 0.417 e. The summed E-state index contributed by atoms with van der Waals surface area (Å²) in [6, 6.07) is 7.21. The monoisotopic (exact) mass is 474 g/mol. The Labute approximate surface area is 193 Å². The second-order valence-electron chi connectivity index (χ2n) is 8.14. The topological polar surface area (TPSA) is 68.2 Å². The first-order valence-electron chi connectivity index (χ1n) is 10.8. The number of halogens is 4. The molecule has 4 rings (SSSR count). The standard InChI is InChI=1S/C24H22F4N4O2/c1-15-4-2-11-32(20(15)14-34-21-8-5-16(13-31-21)24(26,27)28)23(33)19-12-17(25)6-7-18(19)22-29-9-3-10-30-22/h3,5-10,12-13,15,20H,2,4,11,14H2,1H3/t15-,20-/m1/s1. The number of nitrogens with zero attached hydrogens (tertiary/aromatic N) is 4. The molecule has 10 heteroatoms. The number of aromatic nitrogens is 3. The van der Waals surface area contributed by atoms with Crippen LogP contribution in [-0.2, 0) is 6.18 Å². The van der Waals surface area contributed by atoms with Gasteiger partial charge in [0.1, 0.15) is 12.4 Å². The van der Waals surface area contributed by atoms with Gasteiger partial charge in [-0.25, -0.2) is 19.3 Å². The summed E-state index contributed by atoms with van der Waals surface area (Å²) in [5.74, 6) is -0.561. The zero-order valence-electron chi connectivity index (χ0n) is 18.3. The molecule has 2 atom stereocenters. The molecule has 3 heterocycles. The predicted molar refractivity (Wildman–Crippen MR) is 115 cm³/mol. The zero-order chi connectivity index (χ0) is 24.3. The van der Waals surface area contributed by atoms with Gasteiger partial charge in [0.25, 0.3) is 5.91 Å². The summed E-state index contributed by atoms with van der Waals surface area (Å²) in [5, 5.41) is 0. The van der Waals surface area contributed by atoms with Crippen LogP contribution in [0.25, 0.3) is 11.4 Å². The summed E-state index contributed by atoms with van der Waals surface area (Å²) >= 11 is 0. The molecule has 178 valence electrons. The molecule has 0 saturated carbocycles. The molecule has 6 nitrogen and oxygen atoms in total. The van der Waals surface area contributed by atoms with Gasteiger partial charge in [-0.2, -0.15) is 13.2 Å². The fourth-order valence-electron chi connectivity index (χ4n) is 4.04. The minimum atomic E-state index is -4.49. The number of hydrogen-bond donors (Lipinski definition) is 0. The molecule has 0 unspecified atom stereocenters. The molecule has 1 aromatic carbocycles. The molecule has 1 aliphatic heterocycles. The third-order valence-corrected chi connectivity index (χ3v) is 5.86. The molecule has 1 amide bonds. The highest BCUT2D eigenvalue weighted by atomic mass is 19.4. The lowest BCUT2D eigenvalue weighted by Crippen LogP contribution is -2.50. The molecule has 0 N–H and O–H groups in total. The third kappa shape index (κ3) is 5.16. The summed E-state index contributed by atoms with van der Waals surface area (Å²) in [5.41, 5.74) is -0.322. The summed E-state index contributed by atoms with van der Waals surface area (Å²) in [6.45, 7) is 2.45. The van der Waals surface area contributed by atoms with Gasteiger partial charge in [-0.15, -0.1) is 0 Å². The molecule has 0 bridgehead atoms. The maximum absolute atomic E-state index is 14.1. The van der Waals surface area contributed by atoms with Crippen LogP contribution in [0.4, 0.5) is 17.6 Å². The lowest BCUT2D eigenvalue weighted by molar-refractivity contribution is -0.137. The van der Waals surface area contributed by atoms with Crippen molar-refractivity contribution in [3.63, 3.8) is 0 Å². The first-order valence-corrected chi connectivity index (χ1v) is 10.8. The van der Waals surface area contributed by atoms with Crippen LogP contribution in [0.1, 0.15) is 35.7 Å². The van der Waals surface area contributed by atoms with Crippen LogP contribution in [0.15, 0.2) is 55.0 Å². The van der Waals surface area contributed by atoms with E-state index in [2.05, 4.69) is 15.0 Å². The van der Waals surface area contributed by atoms with Crippen LogP contribution in [0.5, 0.6) is 5.88 Å². The van der Waals surface area contributed by atoms with Gasteiger partial charge in [-0.3, -0.25) is 4.79 Å². The SMILES string of the molecule is C[C@@H]1CCCN(C(=O)c2cc(F)ccc2-c2ncccn2)[C@@H]1COc1ccc(C(F)(F)F)cn1. The molecule has 0 spiro atoms. The number of likely N-dealkylation sites (tertiary alicyclic amines) is 1. The third-order valence-electron chi connectivity index (χ3n) is 5.86. The van der Waals surface area contributed by atoms with Crippen molar-refractivity contribution in [2.45, 2.75) is 32.0 Å². The van der Waals surface area contributed by atoms with Crippen molar-refractivity contribution in [3.05, 3.63) is 71.9 Å². The highest BCUT2D eigenvalue weighted by Gasteiger charge is 2.35. The van der Waals surface area contributed by atoms with Crippen LogP contribution in [0.3, 0.4) is 0 Å². The van der Waals surface area contributed by atoms with Crippen molar-refractivity contribution in [1.29, 1.82) is 0 Å². The summed E-state index contributed by atoms with van der Waals surface area (Å²) < 4.78 is 58.1. The van der Waals surface area contributed by atoms with Crippen LogP contribution in [0.2, 0.25) is 0 Å². The molecule has 2 aromatic heterocycles. The Hall–Kier alpha value is -3.56. The van der Waals surface area contributed by atoms with Gasteiger partial charge < -0.3 is 9.64 Å². The average molecular weight is 474 g/mol. The van der Waals surface area contributed by atoms with Gasteiger partial charge in [0.15, 0.2) is 5.82 Å². The van der Waals surface area contributed by atoms with Gasteiger partial charge in [0, 0.05) is 36.8 Å². The highest BCUT2D eigenvalue weighted by molar-refractivity contribution is 6.00. The number of carbonyl (C=O) groups excluding carboxylic acids is 1. The Morgan fingerprint density at radius 3 is 2.59 bits per heavy atom. The second-order valence-corrected chi connectivity index (χ2v) is 8.14. The summed E-state index contributed by atoms with van der Waals surface area (Å²) in [6.07, 6.45) is 0.900. The van der Waals surface area contributed by atoms with E-state index < -0.39 is 17.6 Å². The van der Waals surface area contributed by atoms with E-state index in [4.69, 9.17) is 4.74 Å². The summed E-state index contributed by atoms with van der Waals surface area (Å²) in [4.78, 5) is 27.3. The summed E-state index contributed by atoms with van der Waals surface area (Å²) in [7, 11) is 0. The number of rotatable bonds is 5. The fraction of sp³-hybridized carbons (Fsp3) is 0.333. The Balaban J connectivity index is 1.57. The van der Waals surface area contributed by atoms with E-state index in [0.29, 0.717) is 24.1 Å². The number of ether oxygens (including phenoxy) is 1. The van der Waals surface area contributed by atoms with Crippen LogP contribution in [0, 0.1) is 11.7 Å². The number of pyridine rings is 1. The van der Waals surface area contributed by atoms with Crippen molar-refractivity contribution in [2.24, 2.45) is 5.92 Å². The van der Waals surface area contributed by atoms with Crippen molar-refractivity contribution >= 4 is 5.91 Å². The van der Waals surface area contributed by atoms with Crippen molar-refractivity contribution in [2.75, 3.05) is 13.2 Å². The molecule has 0 aliphatic carbocycles. The molecule has 1 saturated heterocycles. The molecule has 1 aliphatic rings. The van der Waals surface area contributed by atoms with E-state index in [-0.39, 0.29) is 35.9 Å². The van der Waals surface area contributed by atoms with Crippen LogP contribution in [-0.4, -0.2) is 45.0 Å². The number of alkyl halides is 3. The number of carbonyl (C=O) groups is 1. The largest absolute Gasteiger partial charge is 0.475 e. The minimum absolute atomic E-state index is 0.0299. The number of piperidine rings is 1. The lowest BCUT2D eigenvalue weighted by atomic mass is 9.90. The Kier molecular flexibility index (Phi) is 6.76. The Morgan fingerprint density at radius 1 is 1.15 bits per heavy atom. The van der Waals surface area contributed by atoms with Gasteiger partial charge in [-0.1, -0.05) is 6.92 Å². The van der Waals surface area contributed by atoms with E-state index >= 15 is 0 Å². The number of benzene rings is 1. The number of hydrogen-bond acceptors (Lipinski definition) is 5. The van der Waals surface area contributed by atoms with E-state index in [1.54, 1.807) is 11.0 Å². The highest BCUT2D eigenvalue weighted by Crippen LogP contribution is 2.31. The van der Waals surface area contributed by atoms with E-state index in [1.807, 2.05) is 6.92 Å². The van der Waals surface area contributed by atoms with Crippen LogP contribution < -0.4 is 4.74 Å². The predicted octanol–water partition coefficient (Wildman–Crippen LogP) is 5.02. The number of amides is 1. The van der Waals surface area contributed by atoms with Crippen molar-refractivity contribution < 1.29 is 27.1 Å². The quantitative estimate of drug-likeness (QED) is 0.486. The van der Waals surface area contributed by atoms with Crippen molar-refractivity contribution in [3.8, 4) is 17.3 Å². The molecule has 0 radical (unpaired) electrons. The van der Waals surface area contributed by atoms with Gasteiger partial charge in [0.05, 0.1) is 17.2 Å². The van der Waals surface area contributed by atoms with Gasteiger partial charge in [0.2, 0.25) is 5.88 Å². The van der Waals surface area contributed by atoms with E-state index in [9.17, 15) is 22.4 Å². The van der Waals surface area contributed by atoms with Crippen molar-refractivity contribution in [1.82, 2.24) is 19.9 Å². The molecular weight excluding hydrogens is 452 g/mol. The molecular formula is C24H22F4N4O2. The average Bonchev–Trinajstić information content (AvgIpc) is 2.83. The Bertz CT molecular complexity index is 1140. The van der Waals surface area contributed by atoms with E-state index in [0.717, 1.165) is 25.0 Å². The second kappa shape index (κ2) is 9.74. The molecule has 34 heavy (non-hydrogen) atoms. The van der Waals surface area contributed by atoms with Crippen LogP contribution >= 0.6 is 0 Å². The maximum Gasteiger partial charge on any atom is 0.417 e. The first kappa shape index (κ1) is 23.6. The molecule has 3 aromatic rings. The Morgan fingerprint density at radius 2 is 1.91 bits per heavy atom. The lowest BCUT2D eigenvalue weighted by Gasteiger charge is -2.40. The fourth-order valence-corrected chi connectivity index (χ4v) is 4.04. The zero-order valence-corrected chi connectivity index (χ0v) is 18.3. The van der Waals surface area contributed by atoms with Gasteiger partial charge >= 0.3 is 6.18 Å². The van der Waals surface area contributed by atoms with E-state index in [1.165, 1.54) is 30.6 Å². The normalized spacial score (nSPS) is 18.6. The molecule has 1 fully saturated rings. The maximum atomic E-state index is 14.1. The first-order chi connectivity index (χ1) is 16.2. The minimum Gasteiger partial charge on any atom is -0.475 e.